The molecule has 0 atom stereocenters. The second-order valence-corrected chi connectivity index (χ2v) is 15.3. The summed E-state index contributed by atoms with van der Waals surface area (Å²) in [5.74, 6) is 0.863. The molecule has 0 radical (unpaired) electrons. The van der Waals surface area contributed by atoms with E-state index in [9.17, 15) is 9.59 Å². The van der Waals surface area contributed by atoms with Gasteiger partial charge in [-0.15, -0.1) is 0 Å². The number of carbonyl (C=O) groups is 2. The van der Waals surface area contributed by atoms with Crippen molar-refractivity contribution in [1.29, 1.82) is 0 Å². The molecule has 0 amide bonds. The number of H-pyrrole nitrogens is 2. The molecule has 11 nitrogen and oxygen atoms in total. The lowest BCUT2D eigenvalue weighted by molar-refractivity contribution is 0.0520. The summed E-state index contributed by atoms with van der Waals surface area (Å²) in [5.41, 5.74) is 8.12. The van der Waals surface area contributed by atoms with Gasteiger partial charge in [-0.1, -0.05) is 52.0 Å². The third-order valence-electron chi connectivity index (χ3n) is 10.5. The quantitative estimate of drug-likeness (QED) is 0.141. The monoisotopic (exact) mass is 756 g/mol. The summed E-state index contributed by atoms with van der Waals surface area (Å²) < 4.78 is 28.6. The van der Waals surface area contributed by atoms with Crippen LogP contribution in [-0.2, 0) is 33.1 Å². The van der Waals surface area contributed by atoms with E-state index in [0.29, 0.717) is 80.1 Å². The van der Waals surface area contributed by atoms with Gasteiger partial charge in [0.25, 0.3) is 0 Å². The fourth-order valence-corrected chi connectivity index (χ4v) is 7.70. The van der Waals surface area contributed by atoms with Gasteiger partial charge in [-0.25, -0.2) is 9.59 Å². The Kier molecular flexibility index (Phi) is 10.1. The first-order chi connectivity index (χ1) is 26.8. The first-order valence-electron chi connectivity index (χ1n) is 18.8. The molecule has 7 rings (SSSR count). The zero-order chi connectivity index (χ0) is 39.9. The molecule has 8 bridgehead atoms. The molecule has 0 saturated heterocycles. The largest absolute Gasteiger partial charge is 0.497 e. The van der Waals surface area contributed by atoms with Gasteiger partial charge < -0.3 is 33.7 Å². The molecule has 2 aliphatic rings. The Morgan fingerprint density at radius 3 is 1.66 bits per heavy atom. The Morgan fingerprint density at radius 1 is 0.625 bits per heavy atom. The van der Waals surface area contributed by atoms with Crippen LogP contribution in [0.5, 0.6) is 17.2 Å². The third-order valence-corrected chi connectivity index (χ3v) is 10.5. The van der Waals surface area contributed by atoms with E-state index in [2.05, 4.69) is 37.7 Å². The van der Waals surface area contributed by atoms with Crippen molar-refractivity contribution < 1.29 is 33.3 Å². The number of fused-ring (bicyclic) bond motifs is 8. The van der Waals surface area contributed by atoms with E-state index in [0.717, 1.165) is 28.2 Å². The van der Waals surface area contributed by atoms with Crippen LogP contribution in [0.2, 0.25) is 0 Å². The smallest absolute Gasteiger partial charge is 0.341 e. The number of hydrogen-bond acceptors (Lipinski definition) is 9. The van der Waals surface area contributed by atoms with E-state index in [1.165, 1.54) is 0 Å². The average Bonchev–Trinajstić information content (AvgIpc) is 3.88. The maximum atomic E-state index is 14.1. The molecule has 0 unspecified atom stereocenters. The van der Waals surface area contributed by atoms with Crippen LogP contribution in [0.15, 0.2) is 66.7 Å². The van der Waals surface area contributed by atoms with E-state index >= 15 is 0 Å². The van der Waals surface area contributed by atoms with Gasteiger partial charge in [-0.05, 0) is 67.4 Å². The zero-order valence-electron chi connectivity index (χ0n) is 33.4. The summed E-state index contributed by atoms with van der Waals surface area (Å²) in [5, 5.41) is 0. The van der Waals surface area contributed by atoms with E-state index in [1.807, 2.05) is 66.7 Å². The molecule has 2 aromatic carbocycles. The maximum absolute atomic E-state index is 14.1. The van der Waals surface area contributed by atoms with Crippen LogP contribution in [0.25, 0.3) is 44.3 Å². The van der Waals surface area contributed by atoms with Crippen molar-refractivity contribution in [2.75, 3.05) is 34.5 Å². The number of nitrogens with one attached hydrogen (secondary N) is 2. The van der Waals surface area contributed by atoms with E-state index in [1.54, 1.807) is 35.2 Å². The molecule has 2 aliphatic heterocycles. The number of benzene rings is 2. The summed E-state index contributed by atoms with van der Waals surface area (Å²) in [6.07, 6.45) is 1.08. The zero-order valence-corrected chi connectivity index (χ0v) is 33.4. The number of nitrogens with zero attached hydrogens (tertiary/aromatic N) is 2. The third kappa shape index (κ3) is 6.86. The van der Waals surface area contributed by atoms with E-state index < -0.39 is 22.8 Å². The fraction of sp³-hybridized carbons (Fsp3) is 0.333. The average molecular weight is 757 g/mol. The number of esters is 2. The van der Waals surface area contributed by atoms with Gasteiger partial charge in [0.2, 0.25) is 0 Å². The number of aromatic amines is 2. The molecular formula is C45H48N4O7. The molecule has 5 heterocycles. The minimum absolute atomic E-state index is 0.184. The van der Waals surface area contributed by atoms with Crippen molar-refractivity contribution in [3.8, 4) is 39.5 Å². The SMILES string of the molecule is CCOC(=O)c1c(-c2ccc(OC)cc2)c2cc3nc(c(OC)c4[nH]c(cc5nc(cc1[nH]2)CC5(C)C)c(-c1ccc(OC)cc1)c4C(=O)OCC)CC3(C)C. The summed E-state index contributed by atoms with van der Waals surface area (Å²) in [6.45, 7) is 12.5. The van der Waals surface area contributed by atoms with E-state index in [4.69, 9.17) is 33.7 Å². The van der Waals surface area contributed by atoms with E-state index in [-0.39, 0.29) is 13.2 Å². The number of carbonyl (C=O) groups excluding carboxylic acids is 2. The molecule has 290 valence electrons. The van der Waals surface area contributed by atoms with Gasteiger partial charge in [0.05, 0.1) is 62.4 Å². The molecule has 0 fully saturated rings. The number of aromatic nitrogens is 4. The van der Waals surface area contributed by atoms with Gasteiger partial charge in [-0.2, -0.15) is 0 Å². The maximum Gasteiger partial charge on any atom is 0.341 e. The molecule has 0 aliphatic carbocycles. The van der Waals surface area contributed by atoms with Gasteiger partial charge in [0.1, 0.15) is 11.5 Å². The topological polar surface area (TPSA) is 138 Å². The molecule has 2 N–H and O–H groups in total. The van der Waals surface area contributed by atoms with Crippen molar-refractivity contribution in [1.82, 2.24) is 19.9 Å². The first kappa shape index (κ1) is 38.2. The highest BCUT2D eigenvalue weighted by molar-refractivity contribution is 6.11. The second kappa shape index (κ2) is 14.9. The number of ether oxygens (including phenoxy) is 5. The first-order valence-corrected chi connectivity index (χ1v) is 18.8. The van der Waals surface area contributed by atoms with Crippen LogP contribution in [0.1, 0.15) is 85.0 Å². The minimum Gasteiger partial charge on any atom is -0.497 e. The lowest BCUT2D eigenvalue weighted by atomic mass is 9.86. The van der Waals surface area contributed by atoms with Crippen molar-refractivity contribution >= 4 is 34.0 Å². The highest BCUT2D eigenvalue weighted by atomic mass is 16.5. The molecule has 11 heteroatoms. The summed E-state index contributed by atoms with van der Waals surface area (Å²) >= 11 is 0. The Labute approximate surface area is 326 Å². The number of methoxy groups -OCH3 is 3. The van der Waals surface area contributed by atoms with Crippen molar-refractivity contribution in [3.05, 3.63) is 101 Å². The van der Waals surface area contributed by atoms with Crippen molar-refractivity contribution in [2.45, 2.75) is 65.2 Å². The Balaban J connectivity index is 1.69. The molecular weight excluding hydrogens is 709 g/mol. The Bertz CT molecular complexity index is 2490. The number of rotatable bonds is 9. The number of hydrogen-bond donors (Lipinski definition) is 2. The molecule has 56 heavy (non-hydrogen) atoms. The van der Waals surface area contributed by atoms with Gasteiger partial charge in [-0.3, -0.25) is 9.97 Å². The Hall–Kier alpha value is -6.10. The van der Waals surface area contributed by atoms with Crippen LogP contribution >= 0.6 is 0 Å². The summed E-state index contributed by atoms with van der Waals surface area (Å²) in [4.78, 5) is 45.7. The highest BCUT2D eigenvalue weighted by Gasteiger charge is 2.35. The lowest BCUT2D eigenvalue weighted by Crippen LogP contribution is -2.15. The molecule has 0 saturated carbocycles. The standard InChI is InChI=1S/C45H48N4O7/c1-10-55-42(50)38-30-20-27-23-44(3,4)34(46-27)22-32-37(26-14-18-29(53-8)19-15-26)39(43(51)56-11-2)40(49-32)41(54-9)33-24-45(5,6)35(48-33)21-31(47-30)36(38)25-12-16-28(52-7)17-13-25/h12-22,47,49H,10-11,23-24H2,1-9H3. The van der Waals surface area contributed by atoms with Crippen LogP contribution in [0.4, 0.5) is 0 Å². The fourth-order valence-electron chi connectivity index (χ4n) is 7.70. The molecule has 5 aromatic rings. The lowest BCUT2D eigenvalue weighted by Gasteiger charge is -2.16. The van der Waals surface area contributed by atoms with Crippen LogP contribution in [0.3, 0.4) is 0 Å². The van der Waals surface area contributed by atoms with Gasteiger partial charge in [0.15, 0.2) is 5.75 Å². The predicted octanol–water partition coefficient (Wildman–Crippen LogP) is 9.07. The Morgan fingerprint density at radius 2 is 1.12 bits per heavy atom. The molecule has 3 aromatic heterocycles. The predicted molar refractivity (Wildman–Crippen MR) is 217 cm³/mol. The summed E-state index contributed by atoms with van der Waals surface area (Å²) in [6, 6.07) is 21.1. The van der Waals surface area contributed by atoms with Crippen LogP contribution in [-0.4, -0.2) is 66.4 Å². The summed E-state index contributed by atoms with van der Waals surface area (Å²) in [7, 11) is 4.82. The normalized spacial score (nSPS) is 14.2. The van der Waals surface area contributed by atoms with Crippen LogP contribution < -0.4 is 14.2 Å². The minimum atomic E-state index is -0.493. The van der Waals surface area contributed by atoms with Crippen molar-refractivity contribution in [3.63, 3.8) is 0 Å². The second-order valence-electron chi connectivity index (χ2n) is 15.3. The van der Waals surface area contributed by atoms with Gasteiger partial charge >= 0.3 is 11.9 Å². The highest BCUT2D eigenvalue weighted by Crippen LogP contribution is 2.43. The van der Waals surface area contributed by atoms with Gasteiger partial charge in [0, 0.05) is 62.9 Å². The van der Waals surface area contributed by atoms with Crippen LogP contribution in [0, 0.1) is 0 Å². The molecule has 0 spiro atoms. The van der Waals surface area contributed by atoms with Crippen molar-refractivity contribution in [2.24, 2.45) is 0 Å².